The zero-order chi connectivity index (χ0) is 15.7. The fraction of sp³-hybridized carbons (Fsp3) is 0.737. The summed E-state index contributed by atoms with van der Waals surface area (Å²) in [5, 5.41) is 0. The molecule has 3 fully saturated rings. The highest BCUT2D eigenvalue weighted by atomic mass is 16.5. The Balaban J connectivity index is 1.28. The van der Waals surface area contributed by atoms with Crippen LogP contribution in [-0.4, -0.2) is 59.7 Å². The number of rotatable bonds is 5. The van der Waals surface area contributed by atoms with E-state index in [2.05, 4.69) is 34.0 Å². The van der Waals surface area contributed by atoms with Gasteiger partial charge in [0.15, 0.2) is 0 Å². The number of pyridine rings is 1. The maximum absolute atomic E-state index is 6.33. The van der Waals surface area contributed by atoms with E-state index in [0.29, 0.717) is 6.04 Å². The molecule has 0 bridgehead atoms. The number of likely N-dealkylation sites (tertiary alicyclic amines) is 1. The lowest BCUT2D eigenvalue weighted by molar-refractivity contribution is -0.0444. The smallest absolute Gasteiger partial charge is 0.0723 e. The number of hydrogen-bond acceptors (Lipinski definition) is 4. The van der Waals surface area contributed by atoms with Crippen LogP contribution in [0.5, 0.6) is 0 Å². The summed E-state index contributed by atoms with van der Waals surface area (Å²) in [4.78, 5) is 9.54. The summed E-state index contributed by atoms with van der Waals surface area (Å²) >= 11 is 0. The predicted octanol–water partition coefficient (Wildman–Crippen LogP) is 2.55. The minimum absolute atomic E-state index is 0.156. The van der Waals surface area contributed by atoms with E-state index < -0.39 is 0 Å². The predicted molar refractivity (Wildman–Crippen MR) is 91.2 cm³/mol. The third-order valence-electron chi connectivity index (χ3n) is 5.93. The molecular formula is C19H29N3O. The SMILES string of the molecule is CN(Cc1ccccn1)[C@H]1COC2(CCN(CC3CC3)CC2)C1. The van der Waals surface area contributed by atoms with Crippen LogP contribution < -0.4 is 0 Å². The van der Waals surface area contributed by atoms with Crippen LogP contribution in [-0.2, 0) is 11.3 Å². The van der Waals surface area contributed by atoms with E-state index in [1.165, 1.54) is 51.7 Å². The Bertz CT molecular complexity index is 509. The van der Waals surface area contributed by atoms with Gasteiger partial charge in [-0.05, 0) is 57.2 Å². The molecule has 0 aromatic carbocycles. The van der Waals surface area contributed by atoms with Crippen molar-refractivity contribution in [2.45, 2.75) is 50.3 Å². The van der Waals surface area contributed by atoms with Gasteiger partial charge < -0.3 is 9.64 Å². The maximum atomic E-state index is 6.33. The number of hydrogen-bond donors (Lipinski definition) is 0. The average molecular weight is 315 g/mol. The molecule has 2 saturated heterocycles. The van der Waals surface area contributed by atoms with Gasteiger partial charge in [-0.2, -0.15) is 0 Å². The van der Waals surface area contributed by atoms with Gasteiger partial charge in [0, 0.05) is 38.4 Å². The Morgan fingerprint density at radius 3 is 2.83 bits per heavy atom. The second kappa shape index (κ2) is 6.50. The number of nitrogens with zero attached hydrogens (tertiary/aromatic N) is 3. The molecule has 1 atom stereocenters. The highest BCUT2D eigenvalue weighted by Gasteiger charge is 2.44. The van der Waals surface area contributed by atoms with Crippen LogP contribution in [0.1, 0.15) is 37.8 Å². The first-order valence-corrected chi connectivity index (χ1v) is 9.19. The fourth-order valence-electron chi connectivity index (χ4n) is 4.14. The lowest BCUT2D eigenvalue weighted by atomic mass is 9.87. The highest BCUT2D eigenvalue weighted by Crippen LogP contribution is 2.39. The molecule has 3 aliphatic rings. The fourth-order valence-corrected chi connectivity index (χ4v) is 4.14. The Morgan fingerprint density at radius 2 is 2.13 bits per heavy atom. The van der Waals surface area contributed by atoms with E-state index >= 15 is 0 Å². The summed E-state index contributed by atoms with van der Waals surface area (Å²) in [6.45, 7) is 5.59. The first-order chi connectivity index (χ1) is 11.2. The van der Waals surface area contributed by atoms with E-state index in [4.69, 9.17) is 4.74 Å². The summed E-state index contributed by atoms with van der Waals surface area (Å²) in [5.74, 6) is 1.01. The molecule has 1 aromatic rings. The highest BCUT2D eigenvalue weighted by molar-refractivity contribution is 5.04. The van der Waals surface area contributed by atoms with E-state index in [1.807, 2.05) is 12.3 Å². The quantitative estimate of drug-likeness (QED) is 0.835. The normalized spacial score (nSPS) is 27.8. The van der Waals surface area contributed by atoms with Gasteiger partial charge in [-0.3, -0.25) is 9.88 Å². The van der Waals surface area contributed by atoms with Crippen LogP contribution in [0.25, 0.3) is 0 Å². The second-order valence-corrected chi connectivity index (χ2v) is 7.83. The van der Waals surface area contributed by atoms with Gasteiger partial charge in [0.25, 0.3) is 0 Å². The molecule has 0 radical (unpaired) electrons. The second-order valence-electron chi connectivity index (χ2n) is 7.83. The Labute approximate surface area is 139 Å². The van der Waals surface area contributed by atoms with Crippen LogP contribution in [0.15, 0.2) is 24.4 Å². The molecule has 4 nitrogen and oxygen atoms in total. The molecule has 1 spiro atoms. The molecule has 0 unspecified atom stereocenters. The van der Waals surface area contributed by atoms with E-state index in [1.54, 1.807) is 0 Å². The molecule has 23 heavy (non-hydrogen) atoms. The molecule has 3 heterocycles. The molecule has 2 aliphatic heterocycles. The summed E-state index contributed by atoms with van der Waals surface area (Å²) in [7, 11) is 2.21. The number of likely N-dealkylation sites (N-methyl/N-ethyl adjacent to an activating group) is 1. The first kappa shape index (κ1) is 15.6. The summed E-state index contributed by atoms with van der Waals surface area (Å²) in [6.07, 6.45) is 8.41. The minimum atomic E-state index is 0.156. The number of aromatic nitrogens is 1. The zero-order valence-corrected chi connectivity index (χ0v) is 14.3. The van der Waals surface area contributed by atoms with Crippen molar-refractivity contribution in [3.8, 4) is 0 Å². The van der Waals surface area contributed by atoms with Crippen molar-refractivity contribution in [1.29, 1.82) is 0 Å². The van der Waals surface area contributed by atoms with Gasteiger partial charge in [-0.1, -0.05) is 6.07 Å². The molecule has 0 N–H and O–H groups in total. The third kappa shape index (κ3) is 3.76. The van der Waals surface area contributed by atoms with Gasteiger partial charge in [0.2, 0.25) is 0 Å². The first-order valence-electron chi connectivity index (χ1n) is 9.19. The minimum Gasteiger partial charge on any atom is -0.373 e. The molecule has 1 aromatic heterocycles. The lowest BCUT2D eigenvalue weighted by Crippen LogP contribution is -2.45. The molecule has 126 valence electrons. The van der Waals surface area contributed by atoms with E-state index in [0.717, 1.165) is 24.8 Å². The van der Waals surface area contributed by atoms with Crippen LogP contribution in [0.2, 0.25) is 0 Å². The van der Waals surface area contributed by atoms with Crippen LogP contribution in [0.4, 0.5) is 0 Å². The average Bonchev–Trinajstić information content (AvgIpc) is 3.30. The summed E-state index contributed by atoms with van der Waals surface area (Å²) in [5.41, 5.74) is 1.30. The zero-order valence-electron chi connectivity index (χ0n) is 14.3. The Hall–Kier alpha value is -0.970. The maximum Gasteiger partial charge on any atom is 0.0723 e. The monoisotopic (exact) mass is 315 g/mol. The lowest BCUT2D eigenvalue weighted by Gasteiger charge is -2.39. The van der Waals surface area contributed by atoms with Gasteiger partial charge in [0.1, 0.15) is 0 Å². The Kier molecular flexibility index (Phi) is 4.39. The van der Waals surface area contributed by atoms with Crippen molar-refractivity contribution >= 4 is 0 Å². The summed E-state index contributed by atoms with van der Waals surface area (Å²) in [6, 6.07) is 6.69. The van der Waals surface area contributed by atoms with Crippen molar-refractivity contribution < 1.29 is 4.74 Å². The molecule has 1 aliphatic carbocycles. The van der Waals surface area contributed by atoms with E-state index in [-0.39, 0.29) is 5.60 Å². The van der Waals surface area contributed by atoms with Crippen LogP contribution >= 0.6 is 0 Å². The standard InChI is InChI=1S/C19H29N3O/c1-21(14-17-4-2-3-9-20-17)18-12-19(23-15-18)7-10-22(11-8-19)13-16-5-6-16/h2-4,9,16,18H,5-8,10-15H2,1H3/t18-/m1/s1. The van der Waals surface area contributed by atoms with Crippen LogP contribution in [0, 0.1) is 5.92 Å². The summed E-state index contributed by atoms with van der Waals surface area (Å²) < 4.78 is 6.33. The van der Waals surface area contributed by atoms with E-state index in [9.17, 15) is 0 Å². The van der Waals surface area contributed by atoms with Gasteiger partial charge in [-0.25, -0.2) is 0 Å². The van der Waals surface area contributed by atoms with Crippen molar-refractivity contribution in [3.05, 3.63) is 30.1 Å². The topological polar surface area (TPSA) is 28.6 Å². The van der Waals surface area contributed by atoms with Crippen molar-refractivity contribution in [3.63, 3.8) is 0 Å². The number of ether oxygens (including phenoxy) is 1. The van der Waals surface area contributed by atoms with Crippen LogP contribution in [0.3, 0.4) is 0 Å². The van der Waals surface area contributed by atoms with Gasteiger partial charge in [0.05, 0.1) is 17.9 Å². The molecule has 4 rings (SSSR count). The van der Waals surface area contributed by atoms with Crippen molar-refractivity contribution in [1.82, 2.24) is 14.8 Å². The number of piperidine rings is 1. The largest absolute Gasteiger partial charge is 0.373 e. The van der Waals surface area contributed by atoms with Crippen molar-refractivity contribution in [2.24, 2.45) is 5.92 Å². The molecule has 0 amide bonds. The third-order valence-corrected chi connectivity index (χ3v) is 5.93. The molecule has 4 heteroatoms. The van der Waals surface area contributed by atoms with Gasteiger partial charge >= 0.3 is 0 Å². The molecule has 1 saturated carbocycles. The molecular weight excluding hydrogens is 286 g/mol. The Morgan fingerprint density at radius 1 is 1.30 bits per heavy atom. The van der Waals surface area contributed by atoms with Crippen molar-refractivity contribution in [2.75, 3.05) is 33.3 Å². The van der Waals surface area contributed by atoms with Gasteiger partial charge in [-0.15, -0.1) is 0 Å².